The van der Waals surface area contributed by atoms with Gasteiger partial charge in [0.05, 0.1) is 11.6 Å². The van der Waals surface area contributed by atoms with Gasteiger partial charge in [-0.2, -0.15) is 16.7 Å². The third kappa shape index (κ3) is 3.12. The molecule has 0 radical (unpaired) electrons. The SMILES string of the molecule is CCC1CCC(N)(c2nc(C3CSCCN3C)no2)CC1. The summed E-state index contributed by atoms with van der Waals surface area (Å²) < 4.78 is 5.56. The average molecular weight is 310 g/mol. The first kappa shape index (κ1) is 15.3. The van der Waals surface area contributed by atoms with E-state index in [1.807, 2.05) is 11.8 Å². The lowest BCUT2D eigenvalue weighted by molar-refractivity contribution is 0.181. The van der Waals surface area contributed by atoms with Crippen LogP contribution in [0.2, 0.25) is 0 Å². The zero-order valence-electron chi connectivity index (χ0n) is 13.0. The Labute approximate surface area is 131 Å². The quantitative estimate of drug-likeness (QED) is 0.925. The van der Waals surface area contributed by atoms with E-state index in [0.29, 0.717) is 5.89 Å². The van der Waals surface area contributed by atoms with Crippen molar-refractivity contribution in [1.82, 2.24) is 15.0 Å². The first-order chi connectivity index (χ1) is 10.1. The van der Waals surface area contributed by atoms with Crippen LogP contribution in [-0.2, 0) is 5.54 Å². The van der Waals surface area contributed by atoms with Gasteiger partial charge in [0.1, 0.15) is 0 Å². The molecular formula is C15H26N4OS. The Morgan fingerprint density at radius 2 is 2.19 bits per heavy atom. The van der Waals surface area contributed by atoms with Crippen LogP contribution in [0.3, 0.4) is 0 Å². The Balaban J connectivity index is 1.72. The summed E-state index contributed by atoms with van der Waals surface area (Å²) in [5, 5.41) is 4.23. The van der Waals surface area contributed by atoms with Crippen LogP contribution in [0.25, 0.3) is 0 Å². The highest BCUT2D eigenvalue weighted by Crippen LogP contribution is 2.38. The van der Waals surface area contributed by atoms with Crippen molar-refractivity contribution < 1.29 is 4.52 Å². The Kier molecular flexibility index (Phi) is 4.57. The molecule has 0 spiro atoms. The molecule has 1 aromatic rings. The van der Waals surface area contributed by atoms with Crippen LogP contribution in [0.5, 0.6) is 0 Å². The van der Waals surface area contributed by atoms with Gasteiger partial charge in [0.2, 0.25) is 5.89 Å². The number of rotatable bonds is 3. The highest BCUT2D eigenvalue weighted by Gasteiger charge is 2.38. The molecule has 1 saturated heterocycles. The number of thioether (sulfide) groups is 1. The Hall–Kier alpha value is -0.590. The zero-order valence-corrected chi connectivity index (χ0v) is 13.9. The van der Waals surface area contributed by atoms with Gasteiger partial charge in [-0.15, -0.1) is 0 Å². The van der Waals surface area contributed by atoms with Crippen LogP contribution in [0, 0.1) is 5.92 Å². The molecule has 1 aromatic heterocycles. The summed E-state index contributed by atoms with van der Waals surface area (Å²) in [5.74, 6) is 4.48. The van der Waals surface area contributed by atoms with E-state index < -0.39 is 5.54 Å². The lowest BCUT2D eigenvalue weighted by Crippen LogP contribution is -2.41. The van der Waals surface area contributed by atoms with E-state index in [4.69, 9.17) is 10.3 Å². The molecule has 5 nitrogen and oxygen atoms in total. The normalized spacial score (nSPS) is 35.0. The standard InChI is InChI=1S/C15H26N4OS/c1-3-11-4-6-15(16,7-5-11)14-17-13(18-20-14)12-10-21-9-8-19(12)2/h11-12H,3-10,16H2,1-2H3. The lowest BCUT2D eigenvalue weighted by Gasteiger charge is -2.34. The van der Waals surface area contributed by atoms with Crippen molar-refractivity contribution >= 4 is 11.8 Å². The number of nitrogens with zero attached hydrogens (tertiary/aromatic N) is 3. The molecule has 0 aromatic carbocycles. The second-order valence-electron chi connectivity index (χ2n) is 6.54. The maximum absolute atomic E-state index is 6.56. The van der Waals surface area contributed by atoms with Crippen molar-refractivity contribution in [3.8, 4) is 0 Å². The van der Waals surface area contributed by atoms with Crippen LogP contribution in [0.1, 0.15) is 56.8 Å². The summed E-state index contributed by atoms with van der Waals surface area (Å²) in [7, 11) is 2.13. The van der Waals surface area contributed by atoms with Crippen molar-refractivity contribution in [2.45, 2.75) is 50.6 Å². The third-order valence-electron chi connectivity index (χ3n) is 5.14. The van der Waals surface area contributed by atoms with Crippen LogP contribution in [-0.4, -0.2) is 40.1 Å². The maximum atomic E-state index is 6.56. The van der Waals surface area contributed by atoms with Gasteiger partial charge < -0.3 is 10.3 Å². The van der Waals surface area contributed by atoms with Crippen LogP contribution in [0.15, 0.2) is 4.52 Å². The van der Waals surface area contributed by atoms with E-state index >= 15 is 0 Å². The molecule has 1 unspecified atom stereocenters. The van der Waals surface area contributed by atoms with Crippen molar-refractivity contribution in [2.75, 3.05) is 25.1 Å². The molecule has 3 rings (SSSR count). The largest absolute Gasteiger partial charge is 0.337 e. The van der Waals surface area contributed by atoms with E-state index in [1.165, 1.54) is 25.0 Å². The molecule has 2 heterocycles. The van der Waals surface area contributed by atoms with Crippen molar-refractivity contribution in [3.05, 3.63) is 11.7 Å². The highest BCUT2D eigenvalue weighted by molar-refractivity contribution is 7.99. The fourth-order valence-corrected chi connectivity index (χ4v) is 4.56. The Bertz CT molecular complexity index is 470. The minimum Gasteiger partial charge on any atom is -0.337 e. The van der Waals surface area contributed by atoms with Crippen LogP contribution < -0.4 is 5.73 Å². The van der Waals surface area contributed by atoms with Gasteiger partial charge in [-0.25, -0.2) is 0 Å². The lowest BCUT2D eigenvalue weighted by atomic mass is 9.76. The van der Waals surface area contributed by atoms with E-state index in [2.05, 4.69) is 29.0 Å². The van der Waals surface area contributed by atoms with Gasteiger partial charge in [0, 0.05) is 18.1 Å². The van der Waals surface area contributed by atoms with Gasteiger partial charge in [-0.3, -0.25) is 4.90 Å². The van der Waals surface area contributed by atoms with E-state index in [1.54, 1.807) is 0 Å². The van der Waals surface area contributed by atoms with Gasteiger partial charge in [0.25, 0.3) is 0 Å². The highest BCUT2D eigenvalue weighted by atomic mass is 32.2. The molecule has 1 saturated carbocycles. The Morgan fingerprint density at radius 3 is 2.86 bits per heavy atom. The number of nitrogens with two attached hydrogens (primary N) is 1. The number of hydrogen-bond acceptors (Lipinski definition) is 6. The predicted octanol–water partition coefficient (Wildman–Crippen LogP) is 2.54. The fourth-order valence-electron chi connectivity index (χ4n) is 3.35. The molecule has 1 atom stereocenters. The molecule has 118 valence electrons. The predicted molar refractivity (Wildman–Crippen MR) is 85.1 cm³/mol. The second kappa shape index (κ2) is 6.26. The van der Waals surface area contributed by atoms with Gasteiger partial charge in [-0.05, 0) is 38.6 Å². The summed E-state index contributed by atoms with van der Waals surface area (Å²) in [4.78, 5) is 6.98. The third-order valence-corrected chi connectivity index (χ3v) is 6.16. The number of aromatic nitrogens is 2. The van der Waals surface area contributed by atoms with Crippen LogP contribution >= 0.6 is 11.8 Å². The van der Waals surface area contributed by atoms with E-state index in [0.717, 1.165) is 36.9 Å². The van der Waals surface area contributed by atoms with E-state index in [-0.39, 0.29) is 6.04 Å². The molecule has 6 heteroatoms. The number of hydrogen-bond donors (Lipinski definition) is 1. The molecule has 1 aliphatic carbocycles. The molecule has 2 aliphatic rings. The molecule has 21 heavy (non-hydrogen) atoms. The average Bonchev–Trinajstić information content (AvgIpc) is 2.99. The summed E-state index contributed by atoms with van der Waals surface area (Å²) in [6.45, 7) is 3.33. The molecule has 0 amide bonds. The van der Waals surface area contributed by atoms with E-state index in [9.17, 15) is 0 Å². The summed E-state index contributed by atoms with van der Waals surface area (Å²) in [6, 6.07) is 0.261. The maximum Gasteiger partial charge on any atom is 0.246 e. The van der Waals surface area contributed by atoms with Crippen molar-refractivity contribution in [1.29, 1.82) is 0 Å². The topological polar surface area (TPSA) is 68.2 Å². The monoisotopic (exact) mass is 310 g/mol. The molecular weight excluding hydrogens is 284 g/mol. The van der Waals surface area contributed by atoms with Gasteiger partial charge in [0.15, 0.2) is 5.82 Å². The first-order valence-electron chi connectivity index (χ1n) is 8.03. The second-order valence-corrected chi connectivity index (χ2v) is 7.69. The molecule has 2 N–H and O–H groups in total. The Morgan fingerprint density at radius 1 is 1.43 bits per heavy atom. The molecule has 1 aliphatic heterocycles. The summed E-state index contributed by atoms with van der Waals surface area (Å²) in [5.41, 5.74) is 6.15. The van der Waals surface area contributed by atoms with Crippen molar-refractivity contribution in [3.63, 3.8) is 0 Å². The van der Waals surface area contributed by atoms with Gasteiger partial charge in [-0.1, -0.05) is 18.5 Å². The summed E-state index contributed by atoms with van der Waals surface area (Å²) in [6.07, 6.45) is 5.51. The minimum absolute atomic E-state index is 0.261. The first-order valence-corrected chi connectivity index (χ1v) is 9.19. The zero-order chi connectivity index (χ0) is 14.9. The van der Waals surface area contributed by atoms with Gasteiger partial charge >= 0.3 is 0 Å². The van der Waals surface area contributed by atoms with Crippen molar-refractivity contribution in [2.24, 2.45) is 11.7 Å². The molecule has 2 fully saturated rings. The fraction of sp³-hybridized carbons (Fsp3) is 0.867. The minimum atomic E-state index is -0.405. The summed E-state index contributed by atoms with van der Waals surface area (Å²) >= 11 is 1.95. The van der Waals surface area contributed by atoms with Crippen LogP contribution in [0.4, 0.5) is 0 Å². The smallest absolute Gasteiger partial charge is 0.246 e. The molecule has 0 bridgehead atoms.